The summed E-state index contributed by atoms with van der Waals surface area (Å²) in [7, 11) is 1.91. The van der Waals surface area contributed by atoms with Gasteiger partial charge >= 0.3 is 6.03 Å². The molecular formula is C17H29N5O2. The number of urea groups is 1. The SMILES string of the molecule is CC[C@H](C)NC(=O)[C@@H](C)NC(=O)N1CC[C@H](Cc2cnn(C)c2)C1. The summed E-state index contributed by atoms with van der Waals surface area (Å²) in [5, 5.41) is 9.87. The van der Waals surface area contributed by atoms with E-state index >= 15 is 0 Å². The van der Waals surface area contributed by atoms with E-state index in [-0.39, 0.29) is 18.0 Å². The van der Waals surface area contributed by atoms with Gasteiger partial charge in [-0.3, -0.25) is 9.48 Å². The van der Waals surface area contributed by atoms with Crippen molar-refractivity contribution in [1.29, 1.82) is 0 Å². The van der Waals surface area contributed by atoms with Crippen LogP contribution in [0.2, 0.25) is 0 Å². The third kappa shape index (κ3) is 4.97. The van der Waals surface area contributed by atoms with Crippen LogP contribution in [0.15, 0.2) is 12.4 Å². The molecule has 24 heavy (non-hydrogen) atoms. The summed E-state index contributed by atoms with van der Waals surface area (Å²) in [6, 6.07) is -0.563. The molecule has 134 valence electrons. The lowest BCUT2D eigenvalue weighted by molar-refractivity contribution is -0.123. The summed E-state index contributed by atoms with van der Waals surface area (Å²) in [6.45, 7) is 7.15. The molecular weight excluding hydrogens is 306 g/mol. The third-order valence-corrected chi connectivity index (χ3v) is 4.59. The number of carbonyl (C=O) groups is 2. The maximum Gasteiger partial charge on any atom is 0.318 e. The highest BCUT2D eigenvalue weighted by Crippen LogP contribution is 2.20. The van der Waals surface area contributed by atoms with Crippen molar-refractivity contribution in [2.24, 2.45) is 13.0 Å². The molecule has 1 fully saturated rings. The van der Waals surface area contributed by atoms with E-state index < -0.39 is 6.04 Å². The minimum absolute atomic E-state index is 0.118. The quantitative estimate of drug-likeness (QED) is 0.822. The van der Waals surface area contributed by atoms with Gasteiger partial charge in [-0.2, -0.15) is 5.10 Å². The highest BCUT2D eigenvalue weighted by Gasteiger charge is 2.28. The van der Waals surface area contributed by atoms with E-state index in [1.807, 2.05) is 33.3 Å². The largest absolute Gasteiger partial charge is 0.352 e. The molecule has 0 radical (unpaired) electrons. The van der Waals surface area contributed by atoms with Gasteiger partial charge in [-0.15, -0.1) is 0 Å². The molecule has 3 atom stereocenters. The molecule has 1 aliphatic rings. The Labute approximate surface area is 143 Å². The van der Waals surface area contributed by atoms with Gasteiger partial charge in [0.05, 0.1) is 6.20 Å². The number of likely N-dealkylation sites (tertiary alicyclic amines) is 1. The van der Waals surface area contributed by atoms with Gasteiger partial charge in [0.2, 0.25) is 5.91 Å². The van der Waals surface area contributed by atoms with Crippen molar-refractivity contribution in [3.63, 3.8) is 0 Å². The number of hydrogen-bond donors (Lipinski definition) is 2. The van der Waals surface area contributed by atoms with Crippen molar-refractivity contribution in [1.82, 2.24) is 25.3 Å². The van der Waals surface area contributed by atoms with Gasteiger partial charge in [-0.05, 0) is 44.6 Å². The fourth-order valence-electron chi connectivity index (χ4n) is 2.91. The van der Waals surface area contributed by atoms with Crippen LogP contribution in [0.5, 0.6) is 0 Å². The molecule has 0 aliphatic carbocycles. The van der Waals surface area contributed by atoms with Crippen LogP contribution >= 0.6 is 0 Å². The second-order valence-electron chi connectivity index (χ2n) is 6.82. The fraction of sp³-hybridized carbons (Fsp3) is 0.706. The van der Waals surface area contributed by atoms with Gasteiger partial charge in [0.25, 0.3) is 0 Å². The van der Waals surface area contributed by atoms with Gasteiger partial charge in [0.1, 0.15) is 6.04 Å². The lowest BCUT2D eigenvalue weighted by atomic mass is 10.0. The van der Waals surface area contributed by atoms with Crippen molar-refractivity contribution in [2.75, 3.05) is 13.1 Å². The van der Waals surface area contributed by atoms with E-state index in [1.165, 1.54) is 5.56 Å². The second-order valence-corrected chi connectivity index (χ2v) is 6.82. The lowest BCUT2D eigenvalue weighted by Crippen LogP contribution is -2.50. The predicted octanol–water partition coefficient (Wildman–Crippen LogP) is 1.30. The highest BCUT2D eigenvalue weighted by molar-refractivity contribution is 5.86. The highest BCUT2D eigenvalue weighted by atomic mass is 16.2. The molecule has 3 amide bonds. The van der Waals surface area contributed by atoms with E-state index in [4.69, 9.17) is 0 Å². The summed E-state index contributed by atoms with van der Waals surface area (Å²) in [5.74, 6) is 0.313. The Hall–Kier alpha value is -2.05. The maximum atomic E-state index is 12.3. The first-order chi connectivity index (χ1) is 11.4. The normalized spacial score (nSPS) is 19.8. The third-order valence-electron chi connectivity index (χ3n) is 4.59. The number of nitrogens with zero attached hydrogens (tertiary/aromatic N) is 3. The zero-order valence-corrected chi connectivity index (χ0v) is 15.1. The van der Waals surface area contributed by atoms with Gasteiger partial charge in [-0.25, -0.2) is 4.79 Å². The van der Waals surface area contributed by atoms with Crippen LogP contribution in [-0.4, -0.2) is 51.8 Å². The standard InChI is InChI=1S/C17H29N5O2/c1-5-12(2)19-16(23)13(3)20-17(24)22-7-6-14(11-22)8-15-9-18-21(4)10-15/h9-10,12-14H,5-8,11H2,1-4H3,(H,19,23)(H,20,24)/t12-,13+,14+/m0/s1. The average molecular weight is 335 g/mol. The summed E-state index contributed by atoms with van der Waals surface area (Å²) >= 11 is 0. The zero-order chi connectivity index (χ0) is 17.7. The minimum atomic E-state index is -0.524. The number of aryl methyl sites for hydroxylation is 1. The van der Waals surface area contributed by atoms with Crippen molar-refractivity contribution >= 4 is 11.9 Å². The predicted molar refractivity (Wildman–Crippen MR) is 92.5 cm³/mol. The fourth-order valence-corrected chi connectivity index (χ4v) is 2.91. The molecule has 0 spiro atoms. The Kier molecular flexibility index (Phi) is 6.23. The van der Waals surface area contributed by atoms with Crippen LogP contribution in [0.4, 0.5) is 4.79 Å². The first-order valence-electron chi connectivity index (χ1n) is 8.72. The van der Waals surface area contributed by atoms with Crippen molar-refractivity contribution < 1.29 is 9.59 Å². The number of amides is 3. The van der Waals surface area contributed by atoms with E-state index in [0.29, 0.717) is 5.92 Å². The molecule has 2 rings (SSSR count). The minimum Gasteiger partial charge on any atom is -0.352 e. The van der Waals surface area contributed by atoms with Crippen LogP contribution in [-0.2, 0) is 18.3 Å². The lowest BCUT2D eigenvalue weighted by Gasteiger charge is -2.22. The van der Waals surface area contributed by atoms with Crippen LogP contribution in [0.25, 0.3) is 0 Å². The van der Waals surface area contributed by atoms with Crippen LogP contribution in [0.3, 0.4) is 0 Å². The molecule has 7 nitrogen and oxygen atoms in total. The second kappa shape index (κ2) is 8.17. The van der Waals surface area contributed by atoms with Gasteiger partial charge in [0, 0.05) is 32.4 Å². The summed E-state index contributed by atoms with van der Waals surface area (Å²) in [4.78, 5) is 26.2. The Morgan fingerprint density at radius 1 is 1.38 bits per heavy atom. The van der Waals surface area contributed by atoms with Crippen LogP contribution < -0.4 is 10.6 Å². The maximum absolute atomic E-state index is 12.3. The first-order valence-corrected chi connectivity index (χ1v) is 8.72. The number of hydrogen-bond acceptors (Lipinski definition) is 3. The Morgan fingerprint density at radius 3 is 2.75 bits per heavy atom. The molecule has 1 aromatic rings. The topological polar surface area (TPSA) is 79.3 Å². The molecule has 0 unspecified atom stereocenters. The van der Waals surface area contributed by atoms with E-state index in [9.17, 15) is 9.59 Å². The number of aromatic nitrogens is 2. The Bertz CT molecular complexity index is 571. The number of rotatable bonds is 6. The molecule has 0 aromatic carbocycles. The molecule has 7 heteroatoms. The van der Waals surface area contributed by atoms with E-state index in [0.717, 1.165) is 32.4 Å². The molecule has 1 saturated heterocycles. The number of nitrogens with one attached hydrogen (secondary N) is 2. The Morgan fingerprint density at radius 2 is 2.12 bits per heavy atom. The van der Waals surface area contributed by atoms with Gasteiger partial charge < -0.3 is 15.5 Å². The smallest absolute Gasteiger partial charge is 0.318 e. The molecule has 1 aliphatic heterocycles. The summed E-state index contributed by atoms with van der Waals surface area (Å²) in [5.41, 5.74) is 1.20. The van der Waals surface area contributed by atoms with Crippen LogP contribution in [0.1, 0.15) is 39.2 Å². The van der Waals surface area contributed by atoms with Crippen molar-refractivity contribution in [3.05, 3.63) is 18.0 Å². The summed E-state index contributed by atoms with van der Waals surface area (Å²) < 4.78 is 1.80. The van der Waals surface area contributed by atoms with Gasteiger partial charge in [0.15, 0.2) is 0 Å². The van der Waals surface area contributed by atoms with E-state index in [1.54, 1.807) is 16.5 Å². The van der Waals surface area contributed by atoms with Crippen LogP contribution in [0, 0.1) is 5.92 Å². The Balaban J connectivity index is 1.78. The molecule has 0 saturated carbocycles. The monoisotopic (exact) mass is 335 g/mol. The first kappa shape index (κ1) is 18.3. The molecule has 1 aromatic heterocycles. The van der Waals surface area contributed by atoms with E-state index in [2.05, 4.69) is 15.7 Å². The van der Waals surface area contributed by atoms with Crippen molar-refractivity contribution in [3.8, 4) is 0 Å². The molecule has 0 bridgehead atoms. The molecule has 2 N–H and O–H groups in total. The zero-order valence-electron chi connectivity index (χ0n) is 15.1. The number of carbonyl (C=O) groups excluding carboxylic acids is 2. The van der Waals surface area contributed by atoms with Gasteiger partial charge in [-0.1, -0.05) is 6.92 Å². The summed E-state index contributed by atoms with van der Waals surface area (Å²) in [6.07, 6.45) is 6.68. The molecule has 2 heterocycles. The van der Waals surface area contributed by atoms with Crippen molar-refractivity contribution in [2.45, 2.75) is 52.1 Å². The average Bonchev–Trinajstić information content (AvgIpc) is 3.16.